The minimum Gasteiger partial charge on any atom is -0.350 e. The molecule has 2 amide bonds. The van der Waals surface area contributed by atoms with Gasteiger partial charge in [-0.25, -0.2) is 4.68 Å². The molecule has 1 aromatic heterocycles. The fraction of sp³-hybridized carbons (Fsp3) is 0.276. The maximum absolute atomic E-state index is 13.1. The molecule has 3 atom stereocenters. The van der Waals surface area contributed by atoms with E-state index in [1.807, 2.05) is 18.2 Å². The molecule has 1 aliphatic rings. The molecule has 1 fully saturated rings. The van der Waals surface area contributed by atoms with Crippen molar-refractivity contribution in [3.05, 3.63) is 95.3 Å². The van der Waals surface area contributed by atoms with Crippen molar-refractivity contribution in [2.45, 2.75) is 44.3 Å². The van der Waals surface area contributed by atoms with Gasteiger partial charge in [0.2, 0.25) is 11.8 Å². The lowest BCUT2D eigenvalue weighted by atomic mass is 9.85. The zero-order valence-electron chi connectivity index (χ0n) is 21.5. The molecular weight excluding hydrogens is 514 g/mol. The first-order valence-electron chi connectivity index (χ1n) is 13.0. The van der Waals surface area contributed by atoms with Crippen LogP contribution in [0.25, 0.3) is 16.8 Å². The number of halogens is 1. The van der Waals surface area contributed by atoms with Crippen molar-refractivity contribution in [3.8, 4) is 16.8 Å². The normalized spacial score (nSPS) is 17.8. The van der Waals surface area contributed by atoms with Gasteiger partial charge in [-0.3, -0.25) is 9.59 Å². The Morgan fingerprint density at radius 2 is 1.85 bits per heavy atom. The topological polar surface area (TPSA) is 114 Å². The van der Waals surface area contributed by atoms with E-state index in [0.717, 1.165) is 18.5 Å². The molecule has 0 radical (unpaired) electrons. The highest BCUT2D eigenvalue weighted by Gasteiger charge is 2.29. The predicted octanol–water partition coefficient (Wildman–Crippen LogP) is 3.64. The Morgan fingerprint density at radius 3 is 2.59 bits per heavy atom. The molecule has 0 saturated carbocycles. The quantitative estimate of drug-likeness (QED) is 0.313. The van der Waals surface area contributed by atoms with Gasteiger partial charge in [-0.05, 0) is 83.1 Å². The number of nitrogens with zero attached hydrogens (tertiary/aromatic N) is 4. The van der Waals surface area contributed by atoms with E-state index < -0.39 is 6.04 Å². The first-order chi connectivity index (χ1) is 19.0. The molecule has 1 saturated heterocycles. The van der Waals surface area contributed by atoms with E-state index in [0.29, 0.717) is 17.1 Å². The Morgan fingerprint density at radius 1 is 1.08 bits per heavy atom. The predicted molar refractivity (Wildman–Crippen MR) is 149 cm³/mol. The van der Waals surface area contributed by atoms with Gasteiger partial charge in [0.25, 0.3) is 0 Å². The summed E-state index contributed by atoms with van der Waals surface area (Å²) in [5.41, 5.74) is 5.03. The summed E-state index contributed by atoms with van der Waals surface area (Å²) in [7, 11) is 0. The van der Waals surface area contributed by atoms with E-state index in [1.165, 1.54) is 27.7 Å². The van der Waals surface area contributed by atoms with Crippen LogP contribution in [-0.4, -0.2) is 50.7 Å². The Kier molecular flexibility index (Phi) is 8.29. The largest absolute Gasteiger partial charge is 0.350 e. The second-order valence-electron chi connectivity index (χ2n) is 9.69. The molecule has 9 nitrogen and oxygen atoms in total. The van der Waals surface area contributed by atoms with E-state index >= 15 is 0 Å². The highest BCUT2D eigenvalue weighted by atomic mass is 35.5. The molecule has 0 bridgehead atoms. The lowest BCUT2D eigenvalue weighted by molar-refractivity contribution is -0.130. The average Bonchev–Trinajstić information content (AvgIpc) is 3.51. The van der Waals surface area contributed by atoms with Crippen molar-refractivity contribution in [1.82, 2.24) is 36.2 Å². The molecule has 0 unspecified atom stereocenters. The van der Waals surface area contributed by atoms with Crippen LogP contribution >= 0.6 is 11.6 Å². The molecule has 10 heteroatoms. The van der Waals surface area contributed by atoms with E-state index in [1.54, 1.807) is 25.1 Å². The van der Waals surface area contributed by atoms with Crippen LogP contribution in [0.1, 0.15) is 36.8 Å². The van der Waals surface area contributed by atoms with Crippen LogP contribution in [-0.2, 0) is 16.1 Å². The van der Waals surface area contributed by atoms with Gasteiger partial charge >= 0.3 is 0 Å². The van der Waals surface area contributed by atoms with Crippen LogP contribution in [0.5, 0.6) is 0 Å². The van der Waals surface area contributed by atoms with Crippen molar-refractivity contribution in [3.63, 3.8) is 0 Å². The summed E-state index contributed by atoms with van der Waals surface area (Å²) < 4.78 is 1.50. The number of amides is 2. The van der Waals surface area contributed by atoms with Crippen molar-refractivity contribution in [2.24, 2.45) is 0 Å². The number of hydrogen-bond donors (Lipinski definition) is 3. The van der Waals surface area contributed by atoms with Crippen LogP contribution in [0.3, 0.4) is 0 Å². The summed E-state index contributed by atoms with van der Waals surface area (Å²) in [6.07, 6.45) is 3.09. The molecule has 5 rings (SSSR count). The third-order valence-electron chi connectivity index (χ3n) is 7.05. The second-order valence-corrected chi connectivity index (χ2v) is 10.1. The zero-order valence-corrected chi connectivity index (χ0v) is 22.3. The number of aromatic nitrogens is 4. The number of carbonyl (C=O) groups is 2. The Balaban J connectivity index is 1.16. The smallest absolute Gasteiger partial charge is 0.242 e. The van der Waals surface area contributed by atoms with Crippen molar-refractivity contribution in [2.75, 3.05) is 6.54 Å². The number of tetrazole rings is 1. The Bertz CT molecular complexity index is 1410. The van der Waals surface area contributed by atoms with Crippen molar-refractivity contribution in [1.29, 1.82) is 0 Å². The van der Waals surface area contributed by atoms with Gasteiger partial charge in [0.05, 0.1) is 11.7 Å². The molecule has 2 heterocycles. The molecule has 0 aliphatic carbocycles. The molecule has 200 valence electrons. The molecule has 1 aliphatic heterocycles. The number of carbonyl (C=O) groups excluding carboxylic acids is 2. The fourth-order valence-corrected chi connectivity index (χ4v) is 5.10. The summed E-state index contributed by atoms with van der Waals surface area (Å²) >= 11 is 6.17. The molecule has 0 spiro atoms. The van der Waals surface area contributed by atoms with E-state index in [9.17, 15) is 9.59 Å². The van der Waals surface area contributed by atoms with Crippen LogP contribution in [0.15, 0.2) is 79.1 Å². The standard InChI is InChI=1S/C29H30ClN7O2/c1-19(28(38)32-17-24-15-25(30)11-12-27(24)37-18-33-35-36-37)34-29(39)26-16-23(13-14-31-26)22-9-7-21(8-10-22)20-5-3-2-4-6-20/h2-12,15,18-19,23,26,31H,13-14,16-17H2,1H3,(H,32,38)(H,34,39)/t19-,23-,26+/m0/s1. The maximum atomic E-state index is 13.1. The van der Waals surface area contributed by atoms with E-state index in [4.69, 9.17) is 11.6 Å². The number of piperidine rings is 1. The minimum absolute atomic E-state index is 0.180. The van der Waals surface area contributed by atoms with E-state index in [2.05, 4.69) is 67.9 Å². The average molecular weight is 544 g/mol. The number of hydrogen-bond acceptors (Lipinski definition) is 6. The SMILES string of the molecule is C[C@H](NC(=O)[C@H]1C[C@@H](c2ccc(-c3ccccc3)cc2)CCN1)C(=O)NCc1cc(Cl)ccc1-n1cnnn1. The molecular formula is C29H30ClN7O2. The van der Waals surface area contributed by atoms with E-state index in [-0.39, 0.29) is 30.3 Å². The van der Waals surface area contributed by atoms with Gasteiger partial charge in [0, 0.05) is 11.6 Å². The summed E-state index contributed by atoms with van der Waals surface area (Å²) in [6.45, 7) is 2.62. The summed E-state index contributed by atoms with van der Waals surface area (Å²) in [5, 5.41) is 20.8. The highest BCUT2D eigenvalue weighted by molar-refractivity contribution is 6.30. The third-order valence-corrected chi connectivity index (χ3v) is 7.29. The third kappa shape index (κ3) is 6.50. The number of benzene rings is 3. The molecule has 3 N–H and O–H groups in total. The molecule has 39 heavy (non-hydrogen) atoms. The van der Waals surface area contributed by atoms with Gasteiger partial charge < -0.3 is 16.0 Å². The van der Waals surface area contributed by atoms with Gasteiger partial charge in [0.1, 0.15) is 12.4 Å². The van der Waals surface area contributed by atoms with Gasteiger partial charge in [-0.1, -0.05) is 66.2 Å². The van der Waals surface area contributed by atoms with Crippen molar-refractivity contribution < 1.29 is 9.59 Å². The maximum Gasteiger partial charge on any atom is 0.242 e. The monoisotopic (exact) mass is 543 g/mol. The lowest BCUT2D eigenvalue weighted by Gasteiger charge is -2.30. The summed E-state index contributed by atoms with van der Waals surface area (Å²) in [4.78, 5) is 25.9. The van der Waals surface area contributed by atoms with Gasteiger partial charge in [-0.15, -0.1) is 5.10 Å². The zero-order chi connectivity index (χ0) is 27.2. The first-order valence-corrected chi connectivity index (χ1v) is 13.3. The van der Waals surface area contributed by atoms with Crippen molar-refractivity contribution >= 4 is 23.4 Å². The Labute approximate surface area is 232 Å². The Hall–Kier alpha value is -4.08. The highest BCUT2D eigenvalue weighted by Crippen LogP contribution is 2.30. The fourth-order valence-electron chi connectivity index (χ4n) is 4.90. The first kappa shape index (κ1) is 26.5. The van der Waals surface area contributed by atoms with Gasteiger partial charge in [0.15, 0.2) is 0 Å². The summed E-state index contributed by atoms with van der Waals surface area (Å²) in [5.74, 6) is -0.210. The molecule has 3 aromatic carbocycles. The van der Waals surface area contributed by atoms with Gasteiger partial charge in [-0.2, -0.15) is 0 Å². The lowest BCUT2D eigenvalue weighted by Crippen LogP contribution is -2.53. The second kappa shape index (κ2) is 12.2. The minimum atomic E-state index is -0.708. The number of nitrogens with one attached hydrogen (secondary N) is 3. The van der Waals surface area contributed by atoms with Crippen LogP contribution in [0.4, 0.5) is 0 Å². The summed E-state index contributed by atoms with van der Waals surface area (Å²) in [6, 6.07) is 23.0. The molecule has 4 aromatic rings. The van der Waals surface area contributed by atoms with Crippen LogP contribution < -0.4 is 16.0 Å². The van der Waals surface area contributed by atoms with Crippen LogP contribution in [0, 0.1) is 0 Å². The number of rotatable bonds is 8. The van der Waals surface area contributed by atoms with Crippen LogP contribution in [0.2, 0.25) is 5.02 Å².